The highest BCUT2D eigenvalue weighted by Gasteiger charge is 2.22. The molecule has 1 fully saturated rings. The van der Waals surface area contributed by atoms with Crippen LogP contribution in [0.5, 0.6) is 11.5 Å². The molecular formula is C28H26NO6PS-2. The number of nitrogens with zero attached hydrogens (tertiary/aromatic N) is 1. The maximum Gasteiger partial charge on any atom is 0.195 e. The smallest absolute Gasteiger partial charge is 0.195 e. The van der Waals surface area contributed by atoms with E-state index in [1.807, 2.05) is 0 Å². The zero-order valence-electron chi connectivity index (χ0n) is 20.1. The van der Waals surface area contributed by atoms with Crippen LogP contribution in [0.25, 0.3) is 20.5 Å². The van der Waals surface area contributed by atoms with Gasteiger partial charge in [0.25, 0.3) is 0 Å². The molecule has 3 aromatic carbocycles. The van der Waals surface area contributed by atoms with Gasteiger partial charge >= 0.3 is 0 Å². The molecule has 9 heteroatoms. The summed E-state index contributed by atoms with van der Waals surface area (Å²) in [6.07, 6.45) is 3.75. The summed E-state index contributed by atoms with van der Waals surface area (Å²) < 4.78 is 18.0. The number of phenolic OH excluding ortho intramolecular Hbond substituents is 1. The normalized spacial score (nSPS) is 14.6. The van der Waals surface area contributed by atoms with E-state index in [-0.39, 0.29) is 16.8 Å². The quantitative estimate of drug-likeness (QED) is 0.269. The topological polar surface area (TPSA) is 113 Å². The number of ether oxygens (including phenoxy) is 1. The Hall–Kier alpha value is -3.00. The molecule has 0 bridgehead atoms. The van der Waals surface area contributed by atoms with E-state index in [1.54, 1.807) is 42.5 Å². The Balaban J connectivity index is 1.44. The van der Waals surface area contributed by atoms with E-state index in [1.165, 1.54) is 54.9 Å². The average molecular weight is 536 g/mol. The fraction of sp³-hybridized carbons (Fsp3) is 0.250. The highest BCUT2D eigenvalue weighted by atomic mass is 32.1. The highest BCUT2D eigenvalue weighted by molar-refractivity contribution is 7.57. The second-order valence-corrected chi connectivity index (χ2v) is 11.7. The molecule has 0 radical (unpaired) electrons. The Morgan fingerprint density at radius 2 is 1.76 bits per heavy atom. The van der Waals surface area contributed by atoms with E-state index in [0.29, 0.717) is 44.0 Å². The predicted octanol–water partition coefficient (Wildman–Crippen LogP) is 3.91. The van der Waals surface area contributed by atoms with Crippen LogP contribution in [-0.2, 0) is 4.57 Å². The first-order valence-corrected chi connectivity index (χ1v) is 14.5. The largest absolute Gasteiger partial charge is 0.807 e. The molecule has 0 atom stereocenters. The number of hydrogen-bond donors (Lipinski definition) is 1. The van der Waals surface area contributed by atoms with Crippen LogP contribution in [0.1, 0.15) is 35.2 Å². The van der Waals surface area contributed by atoms with Crippen molar-refractivity contribution in [1.82, 2.24) is 4.90 Å². The van der Waals surface area contributed by atoms with Crippen molar-refractivity contribution >= 4 is 40.1 Å². The summed E-state index contributed by atoms with van der Waals surface area (Å²) in [6.45, 7) is 3.66. The average Bonchev–Trinajstić information content (AvgIpc) is 3.28. The maximum absolute atomic E-state index is 13.7. The van der Waals surface area contributed by atoms with Crippen LogP contribution in [0.15, 0.2) is 66.7 Å². The third-order valence-electron chi connectivity index (χ3n) is 6.57. The number of carbonyl (C=O) groups is 1. The number of hydrogen-bond acceptors (Lipinski definition) is 8. The van der Waals surface area contributed by atoms with Gasteiger partial charge in [-0.1, -0.05) is 30.7 Å². The van der Waals surface area contributed by atoms with E-state index in [2.05, 4.69) is 4.90 Å². The number of fused-ring (bicyclic) bond motifs is 1. The minimum Gasteiger partial charge on any atom is -0.807 e. The van der Waals surface area contributed by atoms with Gasteiger partial charge < -0.3 is 24.2 Å². The minimum absolute atomic E-state index is 0.0451. The minimum atomic E-state index is -4.95. The van der Waals surface area contributed by atoms with E-state index >= 15 is 0 Å². The lowest BCUT2D eigenvalue weighted by molar-refractivity contribution is -0.307. The molecule has 5 rings (SSSR count). The van der Waals surface area contributed by atoms with Gasteiger partial charge in [-0.05, 0) is 86.9 Å². The van der Waals surface area contributed by atoms with Gasteiger partial charge in [0.15, 0.2) is 5.78 Å². The number of benzene rings is 3. The Morgan fingerprint density at radius 1 is 1.00 bits per heavy atom. The third-order valence-corrected chi connectivity index (χ3v) is 8.68. The molecule has 1 N–H and O–H groups in total. The molecule has 1 aliphatic heterocycles. The van der Waals surface area contributed by atoms with Gasteiger partial charge in [0.2, 0.25) is 0 Å². The summed E-state index contributed by atoms with van der Waals surface area (Å²) in [5, 5.41) is 10.2. The van der Waals surface area contributed by atoms with Gasteiger partial charge in [-0.3, -0.25) is 9.69 Å². The number of rotatable bonds is 8. The number of carbonyl (C=O) groups excluding carboxylic acids is 1. The van der Waals surface area contributed by atoms with E-state index in [4.69, 9.17) is 4.74 Å². The predicted molar refractivity (Wildman–Crippen MR) is 142 cm³/mol. The van der Waals surface area contributed by atoms with Crippen LogP contribution in [0.3, 0.4) is 0 Å². The first-order chi connectivity index (χ1) is 17.8. The van der Waals surface area contributed by atoms with Gasteiger partial charge in [-0.15, -0.1) is 11.3 Å². The molecule has 4 aromatic rings. The standard InChI is InChI=1S/C28H28NO6PS/c30-21-6-4-5-20(17-21)28-26(24-12-11-23(36(32,33)34)18-25(24)37-28)27(31)19-7-9-22(10-8-19)35-16-15-29-13-2-1-3-14-29/h4-12,17-18,30H,1-3,13-16H2,(H2,32,33,34)/p-2. The van der Waals surface area contributed by atoms with E-state index in [9.17, 15) is 24.3 Å². The Bertz CT molecular complexity index is 1470. The summed E-state index contributed by atoms with van der Waals surface area (Å²) in [4.78, 5) is 39.9. The zero-order valence-corrected chi connectivity index (χ0v) is 21.8. The molecule has 0 amide bonds. The summed E-state index contributed by atoms with van der Waals surface area (Å²) in [5.41, 5.74) is 1.46. The fourth-order valence-corrected chi connectivity index (χ4v) is 6.52. The van der Waals surface area contributed by atoms with Crippen LogP contribution in [-0.4, -0.2) is 42.0 Å². The molecule has 1 saturated heterocycles. The Morgan fingerprint density at radius 3 is 2.46 bits per heavy atom. The Labute approximate surface area is 219 Å². The Kier molecular flexibility index (Phi) is 7.47. The van der Waals surface area contributed by atoms with Crippen molar-refractivity contribution in [2.75, 3.05) is 26.2 Å². The van der Waals surface area contributed by atoms with Gasteiger partial charge in [-0.2, -0.15) is 0 Å². The number of ketones is 1. The second kappa shape index (κ2) is 10.8. The monoisotopic (exact) mass is 535 g/mol. The first-order valence-electron chi connectivity index (χ1n) is 12.2. The molecule has 192 valence electrons. The fourth-order valence-electron chi connectivity index (χ4n) is 4.65. The van der Waals surface area contributed by atoms with Crippen LogP contribution >= 0.6 is 18.9 Å². The molecule has 0 saturated carbocycles. The number of phenols is 1. The summed E-state index contributed by atoms with van der Waals surface area (Å²) in [7, 11) is -4.95. The van der Waals surface area contributed by atoms with Crippen molar-refractivity contribution in [3.05, 3.63) is 77.9 Å². The maximum atomic E-state index is 13.7. The van der Waals surface area contributed by atoms with E-state index < -0.39 is 7.60 Å². The van der Waals surface area contributed by atoms with Crippen molar-refractivity contribution in [3.8, 4) is 21.9 Å². The van der Waals surface area contributed by atoms with Crippen molar-refractivity contribution in [2.45, 2.75) is 19.3 Å². The SMILES string of the molecule is O=C(c1ccc(OCCN2CCCCC2)cc1)c1c(-c2cccc(O)c2)sc2cc(P(=O)([O-])[O-])ccc12. The lowest BCUT2D eigenvalue weighted by Crippen LogP contribution is -2.33. The van der Waals surface area contributed by atoms with Crippen LogP contribution in [0.2, 0.25) is 0 Å². The van der Waals surface area contributed by atoms with Crippen molar-refractivity contribution < 1.29 is 29.0 Å². The summed E-state index contributed by atoms with van der Waals surface area (Å²) >= 11 is 1.21. The van der Waals surface area contributed by atoms with E-state index in [0.717, 1.165) is 19.6 Å². The number of piperidine rings is 1. The molecule has 37 heavy (non-hydrogen) atoms. The first kappa shape index (κ1) is 25.6. The molecule has 7 nitrogen and oxygen atoms in total. The van der Waals surface area contributed by atoms with Gasteiger partial charge in [0.05, 0.1) is 0 Å². The molecule has 2 heterocycles. The van der Waals surface area contributed by atoms with Crippen LogP contribution in [0, 0.1) is 0 Å². The van der Waals surface area contributed by atoms with Gasteiger partial charge in [-0.25, -0.2) is 0 Å². The molecule has 0 spiro atoms. The van der Waals surface area contributed by atoms with Crippen molar-refractivity contribution in [1.29, 1.82) is 0 Å². The van der Waals surface area contributed by atoms with Crippen molar-refractivity contribution in [3.63, 3.8) is 0 Å². The molecular weight excluding hydrogens is 509 g/mol. The molecule has 0 aliphatic carbocycles. The van der Waals surface area contributed by atoms with Crippen LogP contribution < -0.4 is 19.8 Å². The number of aromatic hydroxyl groups is 1. The second-order valence-electron chi connectivity index (χ2n) is 9.14. The van der Waals surface area contributed by atoms with Gasteiger partial charge in [0.1, 0.15) is 18.1 Å². The summed E-state index contributed by atoms with van der Waals surface area (Å²) in [6, 6.07) is 17.5. The molecule has 0 unspecified atom stereocenters. The van der Waals surface area contributed by atoms with Gasteiger partial charge in [0, 0.05) is 32.6 Å². The molecule has 1 aromatic heterocycles. The third kappa shape index (κ3) is 5.79. The lowest BCUT2D eigenvalue weighted by Gasteiger charge is -2.29. The molecule has 1 aliphatic rings. The number of likely N-dealkylation sites (tertiary alicyclic amines) is 1. The summed E-state index contributed by atoms with van der Waals surface area (Å²) in [5.74, 6) is 0.483. The zero-order chi connectivity index (χ0) is 26.0. The lowest BCUT2D eigenvalue weighted by atomic mass is 9.97. The van der Waals surface area contributed by atoms with Crippen molar-refractivity contribution in [2.24, 2.45) is 0 Å². The number of thiophene rings is 1. The highest BCUT2D eigenvalue weighted by Crippen LogP contribution is 2.41. The van der Waals surface area contributed by atoms with Crippen LogP contribution in [0.4, 0.5) is 0 Å².